The Labute approximate surface area is 98.6 Å². The number of aryl methyl sites for hydroxylation is 1. The zero-order chi connectivity index (χ0) is 11.9. The molecule has 0 bridgehead atoms. The molecule has 1 aromatic carbocycles. The van der Waals surface area contributed by atoms with Crippen molar-refractivity contribution in [2.75, 3.05) is 6.61 Å². The molecule has 0 saturated heterocycles. The fourth-order valence-corrected chi connectivity index (χ4v) is 2.13. The Bertz CT molecular complexity index is 552. The highest BCUT2D eigenvalue weighted by molar-refractivity contribution is 5.44. The quantitative estimate of drug-likeness (QED) is 0.802. The Morgan fingerprint density at radius 3 is 2.94 bits per heavy atom. The molecule has 0 fully saturated rings. The van der Waals surface area contributed by atoms with E-state index in [9.17, 15) is 0 Å². The highest BCUT2D eigenvalue weighted by Crippen LogP contribution is 2.38. The molecule has 0 spiro atoms. The molecule has 1 unspecified atom stereocenters. The smallest absolute Gasteiger partial charge is 0.223 e. The van der Waals surface area contributed by atoms with Crippen LogP contribution >= 0.6 is 0 Å². The van der Waals surface area contributed by atoms with E-state index in [1.807, 2.05) is 24.3 Å². The van der Waals surface area contributed by atoms with Crippen LogP contribution in [0.5, 0.6) is 5.75 Å². The average molecular weight is 231 g/mol. The van der Waals surface area contributed by atoms with Crippen molar-refractivity contribution in [1.29, 1.82) is 0 Å². The third kappa shape index (κ3) is 1.51. The van der Waals surface area contributed by atoms with E-state index in [0.29, 0.717) is 24.7 Å². The molecule has 1 aliphatic heterocycles. The maximum atomic E-state index is 6.44. The van der Waals surface area contributed by atoms with Crippen molar-refractivity contribution in [3.63, 3.8) is 0 Å². The molecule has 0 amide bonds. The van der Waals surface area contributed by atoms with Crippen LogP contribution in [0.4, 0.5) is 0 Å². The number of fused-ring (bicyclic) bond motifs is 1. The minimum Gasteiger partial charge on any atom is -0.493 e. The molecule has 2 aromatic rings. The maximum Gasteiger partial charge on any atom is 0.223 e. The predicted octanol–water partition coefficient (Wildman–Crippen LogP) is 1.36. The summed E-state index contributed by atoms with van der Waals surface area (Å²) in [5.41, 5.74) is 6.63. The molecule has 5 nitrogen and oxygen atoms in total. The van der Waals surface area contributed by atoms with E-state index >= 15 is 0 Å². The zero-order valence-electron chi connectivity index (χ0n) is 9.51. The molecule has 0 aliphatic carbocycles. The standard InChI is InChI=1S/C12H13N3O2/c1-8-14-11(15-17-8)12(13)6-7-16-10-5-3-2-4-9(10)12/h2-5H,6-7,13H2,1H3. The normalized spacial score (nSPS) is 22.9. The minimum absolute atomic E-state index is 0.519. The topological polar surface area (TPSA) is 74.2 Å². The van der Waals surface area contributed by atoms with E-state index in [-0.39, 0.29) is 0 Å². The van der Waals surface area contributed by atoms with Crippen molar-refractivity contribution in [3.8, 4) is 5.75 Å². The summed E-state index contributed by atoms with van der Waals surface area (Å²) in [7, 11) is 0. The summed E-state index contributed by atoms with van der Waals surface area (Å²) in [5, 5.41) is 3.94. The Hall–Kier alpha value is -1.88. The van der Waals surface area contributed by atoms with Crippen LogP contribution in [0.1, 0.15) is 23.7 Å². The summed E-state index contributed by atoms with van der Waals surface area (Å²) in [6.07, 6.45) is 0.642. The number of benzene rings is 1. The molecule has 5 heteroatoms. The minimum atomic E-state index is -0.716. The third-order valence-corrected chi connectivity index (χ3v) is 3.05. The molecule has 3 rings (SSSR count). The summed E-state index contributed by atoms with van der Waals surface area (Å²) < 4.78 is 10.6. The van der Waals surface area contributed by atoms with Gasteiger partial charge in [-0.3, -0.25) is 0 Å². The summed E-state index contributed by atoms with van der Waals surface area (Å²) in [5.74, 6) is 1.84. The number of nitrogens with zero attached hydrogens (tertiary/aromatic N) is 2. The van der Waals surface area contributed by atoms with E-state index in [1.165, 1.54) is 0 Å². The lowest BCUT2D eigenvalue weighted by molar-refractivity contribution is 0.229. The van der Waals surface area contributed by atoms with Gasteiger partial charge in [0, 0.05) is 18.9 Å². The van der Waals surface area contributed by atoms with Crippen molar-refractivity contribution in [1.82, 2.24) is 10.1 Å². The van der Waals surface area contributed by atoms with Gasteiger partial charge in [0.2, 0.25) is 5.89 Å². The summed E-state index contributed by atoms with van der Waals surface area (Å²) >= 11 is 0. The van der Waals surface area contributed by atoms with Gasteiger partial charge in [-0.2, -0.15) is 4.98 Å². The van der Waals surface area contributed by atoms with Crippen molar-refractivity contribution in [2.24, 2.45) is 5.73 Å². The lowest BCUT2D eigenvalue weighted by Crippen LogP contribution is -2.43. The average Bonchev–Trinajstić information content (AvgIpc) is 2.77. The van der Waals surface area contributed by atoms with Crippen LogP contribution in [0.15, 0.2) is 28.8 Å². The van der Waals surface area contributed by atoms with Crippen molar-refractivity contribution >= 4 is 0 Å². The van der Waals surface area contributed by atoms with E-state index < -0.39 is 5.54 Å². The Kier molecular flexibility index (Phi) is 2.16. The second-order valence-electron chi connectivity index (χ2n) is 4.20. The van der Waals surface area contributed by atoms with Crippen molar-refractivity contribution in [3.05, 3.63) is 41.5 Å². The monoisotopic (exact) mass is 231 g/mol. The van der Waals surface area contributed by atoms with Crippen LogP contribution in [0, 0.1) is 6.92 Å². The van der Waals surface area contributed by atoms with Gasteiger partial charge in [0.25, 0.3) is 0 Å². The number of hydrogen-bond acceptors (Lipinski definition) is 5. The fraction of sp³-hybridized carbons (Fsp3) is 0.333. The van der Waals surface area contributed by atoms with Gasteiger partial charge in [0.1, 0.15) is 11.3 Å². The van der Waals surface area contributed by atoms with Crippen molar-refractivity contribution < 1.29 is 9.26 Å². The van der Waals surface area contributed by atoms with Crippen molar-refractivity contribution in [2.45, 2.75) is 18.9 Å². The third-order valence-electron chi connectivity index (χ3n) is 3.05. The molecule has 17 heavy (non-hydrogen) atoms. The molecule has 0 saturated carbocycles. The highest BCUT2D eigenvalue weighted by Gasteiger charge is 2.39. The van der Waals surface area contributed by atoms with Crippen LogP contribution in [0.3, 0.4) is 0 Å². The molecule has 2 heterocycles. The Morgan fingerprint density at radius 2 is 2.18 bits per heavy atom. The van der Waals surface area contributed by atoms with Gasteiger partial charge in [-0.15, -0.1) is 0 Å². The number of para-hydroxylation sites is 1. The summed E-state index contributed by atoms with van der Waals surface area (Å²) in [4.78, 5) is 4.25. The van der Waals surface area contributed by atoms with Crippen LogP contribution in [-0.4, -0.2) is 16.7 Å². The van der Waals surface area contributed by atoms with Gasteiger partial charge in [-0.25, -0.2) is 0 Å². The first kappa shape index (κ1) is 10.3. The van der Waals surface area contributed by atoms with Gasteiger partial charge < -0.3 is 15.0 Å². The first-order chi connectivity index (χ1) is 8.20. The van der Waals surface area contributed by atoms with E-state index in [4.69, 9.17) is 15.0 Å². The van der Waals surface area contributed by atoms with E-state index in [2.05, 4.69) is 10.1 Å². The molecular formula is C12H13N3O2. The van der Waals surface area contributed by atoms with Gasteiger partial charge in [-0.1, -0.05) is 23.4 Å². The number of nitrogens with two attached hydrogens (primary N) is 1. The van der Waals surface area contributed by atoms with Gasteiger partial charge in [-0.05, 0) is 6.07 Å². The van der Waals surface area contributed by atoms with Crippen LogP contribution in [0.2, 0.25) is 0 Å². The van der Waals surface area contributed by atoms with E-state index in [1.54, 1.807) is 6.92 Å². The van der Waals surface area contributed by atoms with Gasteiger partial charge in [0.05, 0.1) is 6.61 Å². The van der Waals surface area contributed by atoms with E-state index in [0.717, 1.165) is 11.3 Å². The summed E-state index contributed by atoms with van der Waals surface area (Å²) in [6, 6.07) is 7.71. The molecule has 88 valence electrons. The number of rotatable bonds is 1. The first-order valence-corrected chi connectivity index (χ1v) is 5.52. The molecule has 2 N–H and O–H groups in total. The number of ether oxygens (including phenoxy) is 1. The summed E-state index contributed by atoms with van der Waals surface area (Å²) in [6.45, 7) is 2.31. The van der Waals surface area contributed by atoms with Crippen LogP contribution in [-0.2, 0) is 5.54 Å². The molecular weight excluding hydrogens is 218 g/mol. The van der Waals surface area contributed by atoms with Gasteiger partial charge in [0.15, 0.2) is 5.82 Å². The Morgan fingerprint density at radius 1 is 1.35 bits per heavy atom. The lowest BCUT2D eigenvalue weighted by atomic mass is 9.85. The predicted molar refractivity (Wildman–Crippen MR) is 60.6 cm³/mol. The highest BCUT2D eigenvalue weighted by atomic mass is 16.5. The molecule has 1 atom stereocenters. The number of hydrogen-bond donors (Lipinski definition) is 1. The SMILES string of the molecule is Cc1nc(C2(N)CCOc3ccccc32)no1. The van der Waals surface area contributed by atoms with Crippen LogP contribution < -0.4 is 10.5 Å². The second kappa shape index (κ2) is 3.56. The Balaban J connectivity index is 2.15. The fourth-order valence-electron chi connectivity index (χ4n) is 2.13. The molecule has 1 aromatic heterocycles. The maximum absolute atomic E-state index is 6.44. The lowest BCUT2D eigenvalue weighted by Gasteiger charge is -2.32. The second-order valence-corrected chi connectivity index (χ2v) is 4.20. The first-order valence-electron chi connectivity index (χ1n) is 5.52. The largest absolute Gasteiger partial charge is 0.493 e. The molecule has 0 radical (unpaired) electrons. The van der Waals surface area contributed by atoms with Gasteiger partial charge >= 0.3 is 0 Å². The zero-order valence-corrected chi connectivity index (χ0v) is 9.51. The molecule has 1 aliphatic rings. The number of aromatic nitrogens is 2. The van der Waals surface area contributed by atoms with Crippen LogP contribution in [0.25, 0.3) is 0 Å².